The minimum absolute atomic E-state index is 0. The number of benzene rings is 1. The van der Waals surface area contributed by atoms with Gasteiger partial charge in [-0.3, -0.25) is 4.90 Å². The van der Waals surface area contributed by atoms with Crippen LogP contribution in [0.25, 0.3) is 5.69 Å². The third kappa shape index (κ3) is 3.58. The third-order valence-electron chi connectivity index (χ3n) is 3.95. The maximum absolute atomic E-state index is 5.98. The number of nitrogens with two attached hydrogens (primary N) is 1. The zero-order valence-corrected chi connectivity index (χ0v) is 12.9. The van der Waals surface area contributed by atoms with Crippen LogP contribution < -0.4 is 5.73 Å². The van der Waals surface area contributed by atoms with Gasteiger partial charge in [-0.05, 0) is 48.4 Å². The molecule has 3 rings (SSSR count). The van der Waals surface area contributed by atoms with Crippen LogP contribution in [0.3, 0.4) is 0 Å². The van der Waals surface area contributed by atoms with Gasteiger partial charge in [-0.15, -0.1) is 17.5 Å². The zero-order valence-electron chi connectivity index (χ0n) is 12.1. The number of para-hydroxylation sites is 1. The molecule has 2 N–H and O–H groups in total. The van der Waals surface area contributed by atoms with E-state index in [1.165, 1.54) is 0 Å². The van der Waals surface area contributed by atoms with Gasteiger partial charge in [0.15, 0.2) is 5.82 Å². The van der Waals surface area contributed by atoms with Crippen LogP contribution in [0.2, 0.25) is 0 Å². The van der Waals surface area contributed by atoms with Gasteiger partial charge in [0.1, 0.15) is 0 Å². The molecular formula is C14H21ClN6. The Kier molecular flexibility index (Phi) is 5.27. The fraction of sp³-hybridized carbons (Fsp3) is 0.500. The van der Waals surface area contributed by atoms with Crippen LogP contribution in [0.15, 0.2) is 30.3 Å². The number of tetrazole rings is 1. The molecule has 0 aliphatic carbocycles. The van der Waals surface area contributed by atoms with Crippen molar-refractivity contribution in [3.8, 4) is 5.69 Å². The average Bonchev–Trinajstić information content (AvgIpc) is 3.09. The Morgan fingerprint density at radius 3 is 2.76 bits per heavy atom. The Morgan fingerprint density at radius 2 is 2.10 bits per heavy atom. The fourth-order valence-corrected chi connectivity index (χ4v) is 2.71. The van der Waals surface area contributed by atoms with Crippen LogP contribution in [0.5, 0.6) is 0 Å². The first-order valence-electron chi connectivity index (χ1n) is 7.04. The lowest BCUT2D eigenvalue weighted by atomic mass is 10.0. The van der Waals surface area contributed by atoms with Crippen LogP contribution in [-0.4, -0.2) is 44.2 Å². The van der Waals surface area contributed by atoms with Crippen LogP contribution in [0.1, 0.15) is 19.2 Å². The molecule has 1 aliphatic heterocycles. The third-order valence-corrected chi connectivity index (χ3v) is 3.95. The summed E-state index contributed by atoms with van der Waals surface area (Å²) in [5, 5.41) is 12.0. The summed E-state index contributed by atoms with van der Waals surface area (Å²) in [5.41, 5.74) is 6.98. The summed E-state index contributed by atoms with van der Waals surface area (Å²) in [6.45, 7) is 4.94. The van der Waals surface area contributed by atoms with E-state index in [1.54, 1.807) is 4.68 Å². The Balaban J connectivity index is 0.00000161. The van der Waals surface area contributed by atoms with Crippen LogP contribution >= 0.6 is 12.4 Å². The highest BCUT2D eigenvalue weighted by atomic mass is 35.5. The molecule has 114 valence electrons. The number of likely N-dealkylation sites (tertiary alicyclic amines) is 1. The van der Waals surface area contributed by atoms with E-state index >= 15 is 0 Å². The first kappa shape index (κ1) is 15.9. The van der Waals surface area contributed by atoms with Gasteiger partial charge in [0, 0.05) is 12.6 Å². The van der Waals surface area contributed by atoms with Crippen molar-refractivity contribution in [2.45, 2.75) is 25.9 Å². The molecule has 0 spiro atoms. The van der Waals surface area contributed by atoms with Crippen molar-refractivity contribution in [1.82, 2.24) is 25.1 Å². The van der Waals surface area contributed by atoms with Crippen molar-refractivity contribution in [3.05, 3.63) is 36.2 Å². The molecule has 6 nitrogen and oxygen atoms in total. The molecule has 0 amide bonds. The Labute approximate surface area is 130 Å². The van der Waals surface area contributed by atoms with Crippen LogP contribution in [0, 0.1) is 5.92 Å². The number of nitrogens with zero attached hydrogens (tertiary/aromatic N) is 5. The number of hydrogen-bond acceptors (Lipinski definition) is 5. The van der Waals surface area contributed by atoms with Gasteiger partial charge in [0.25, 0.3) is 0 Å². The van der Waals surface area contributed by atoms with Crippen molar-refractivity contribution in [1.29, 1.82) is 0 Å². The first-order chi connectivity index (χ1) is 9.74. The second kappa shape index (κ2) is 6.98. The molecule has 0 bridgehead atoms. The maximum atomic E-state index is 5.98. The lowest BCUT2D eigenvalue weighted by molar-refractivity contribution is 0.298. The van der Waals surface area contributed by atoms with Crippen molar-refractivity contribution >= 4 is 12.4 Å². The summed E-state index contributed by atoms with van der Waals surface area (Å²) in [4.78, 5) is 2.37. The van der Waals surface area contributed by atoms with Crippen molar-refractivity contribution in [2.75, 3.05) is 13.1 Å². The number of halogens is 1. The molecule has 1 saturated heterocycles. The van der Waals surface area contributed by atoms with Gasteiger partial charge < -0.3 is 5.73 Å². The zero-order chi connectivity index (χ0) is 13.9. The molecule has 7 heteroatoms. The van der Waals surface area contributed by atoms with E-state index in [9.17, 15) is 0 Å². The highest BCUT2D eigenvalue weighted by Crippen LogP contribution is 2.20. The molecular weight excluding hydrogens is 288 g/mol. The van der Waals surface area contributed by atoms with E-state index in [0.717, 1.165) is 37.6 Å². The Morgan fingerprint density at radius 1 is 1.33 bits per heavy atom. The standard InChI is InChI=1S/C14H20N6.ClH/c1-11(15)12-7-8-19(9-12)10-14-16-17-18-20(14)13-5-3-2-4-6-13;/h2-6,11-12H,7-10,15H2,1H3;1H. The summed E-state index contributed by atoms with van der Waals surface area (Å²) in [5.74, 6) is 1.46. The molecule has 0 radical (unpaired) electrons. The summed E-state index contributed by atoms with van der Waals surface area (Å²) in [6, 6.07) is 10.2. The minimum atomic E-state index is 0. The van der Waals surface area contributed by atoms with Crippen molar-refractivity contribution < 1.29 is 0 Å². The van der Waals surface area contributed by atoms with Gasteiger partial charge in [-0.1, -0.05) is 18.2 Å². The Hall–Kier alpha value is -1.50. The first-order valence-corrected chi connectivity index (χ1v) is 7.04. The molecule has 2 unspecified atom stereocenters. The summed E-state index contributed by atoms with van der Waals surface area (Å²) >= 11 is 0. The molecule has 2 heterocycles. The molecule has 1 fully saturated rings. The highest BCUT2D eigenvalue weighted by Gasteiger charge is 2.26. The minimum Gasteiger partial charge on any atom is -0.328 e. The molecule has 0 saturated carbocycles. The SMILES string of the molecule is CC(N)C1CCN(Cc2nnnn2-c2ccccc2)C1.Cl. The smallest absolute Gasteiger partial charge is 0.170 e. The lowest BCUT2D eigenvalue weighted by Crippen LogP contribution is -2.30. The second-order valence-electron chi connectivity index (χ2n) is 5.49. The van der Waals surface area contributed by atoms with Crippen molar-refractivity contribution in [3.63, 3.8) is 0 Å². The summed E-state index contributed by atoms with van der Waals surface area (Å²) in [6.07, 6.45) is 1.16. The van der Waals surface area contributed by atoms with Gasteiger partial charge in [-0.25, -0.2) is 0 Å². The van der Waals surface area contributed by atoms with Crippen molar-refractivity contribution in [2.24, 2.45) is 11.7 Å². The number of aromatic nitrogens is 4. The van der Waals surface area contributed by atoms with E-state index in [4.69, 9.17) is 5.73 Å². The van der Waals surface area contributed by atoms with Crippen LogP contribution in [-0.2, 0) is 6.54 Å². The predicted octanol–water partition coefficient (Wildman–Crippen LogP) is 1.25. The average molecular weight is 309 g/mol. The van der Waals surface area contributed by atoms with E-state index in [2.05, 4.69) is 27.3 Å². The quantitative estimate of drug-likeness (QED) is 0.920. The molecule has 1 aromatic carbocycles. The van der Waals surface area contributed by atoms with E-state index in [0.29, 0.717) is 5.92 Å². The molecule has 2 aromatic rings. The number of rotatable bonds is 4. The Bertz CT molecular complexity index is 556. The predicted molar refractivity (Wildman–Crippen MR) is 83.4 cm³/mol. The number of hydrogen-bond donors (Lipinski definition) is 1. The molecule has 1 aliphatic rings. The summed E-state index contributed by atoms with van der Waals surface area (Å²) < 4.78 is 1.80. The van der Waals surface area contributed by atoms with E-state index in [-0.39, 0.29) is 18.4 Å². The second-order valence-corrected chi connectivity index (χ2v) is 5.49. The van der Waals surface area contributed by atoms with E-state index in [1.807, 2.05) is 30.3 Å². The topological polar surface area (TPSA) is 72.9 Å². The summed E-state index contributed by atoms with van der Waals surface area (Å²) in [7, 11) is 0. The van der Waals surface area contributed by atoms with Crippen LogP contribution in [0.4, 0.5) is 0 Å². The normalized spacial score (nSPS) is 20.2. The highest BCUT2D eigenvalue weighted by molar-refractivity contribution is 5.85. The molecule has 1 aromatic heterocycles. The molecule has 21 heavy (non-hydrogen) atoms. The van der Waals surface area contributed by atoms with Gasteiger partial charge in [-0.2, -0.15) is 4.68 Å². The lowest BCUT2D eigenvalue weighted by Gasteiger charge is -2.17. The molecule has 2 atom stereocenters. The van der Waals surface area contributed by atoms with Gasteiger partial charge in [0.2, 0.25) is 0 Å². The van der Waals surface area contributed by atoms with Gasteiger partial charge in [0.05, 0.1) is 12.2 Å². The fourth-order valence-electron chi connectivity index (χ4n) is 2.71. The van der Waals surface area contributed by atoms with Gasteiger partial charge >= 0.3 is 0 Å². The van der Waals surface area contributed by atoms with E-state index < -0.39 is 0 Å². The maximum Gasteiger partial charge on any atom is 0.170 e. The largest absolute Gasteiger partial charge is 0.328 e. The monoisotopic (exact) mass is 308 g/mol.